The van der Waals surface area contributed by atoms with Gasteiger partial charge in [-0.3, -0.25) is 9.69 Å². The Balaban J connectivity index is 1.82. The molecule has 7 nitrogen and oxygen atoms in total. The van der Waals surface area contributed by atoms with Crippen LogP contribution in [0.3, 0.4) is 0 Å². The third kappa shape index (κ3) is 4.14. The lowest BCUT2D eigenvalue weighted by atomic mass is 10.1. The average molecular weight is 383 g/mol. The lowest BCUT2D eigenvalue weighted by molar-refractivity contribution is 0.0526. The van der Waals surface area contributed by atoms with Crippen LogP contribution in [0.15, 0.2) is 33.5 Å². The molecule has 0 spiro atoms. The van der Waals surface area contributed by atoms with E-state index in [0.717, 1.165) is 13.0 Å². The van der Waals surface area contributed by atoms with Crippen molar-refractivity contribution in [2.75, 3.05) is 13.7 Å². The van der Waals surface area contributed by atoms with Crippen LogP contribution in [-0.2, 0) is 24.2 Å². The number of benzene rings is 1. The number of aromatic nitrogens is 2. The summed E-state index contributed by atoms with van der Waals surface area (Å²) in [5.41, 5.74) is 2.37. The molecule has 0 aliphatic carbocycles. The van der Waals surface area contributed by atoms with Gasteiger partial charge in [-0.2, -0.15) is 4.98 Å². The molecule has 1 aromatic carbocycles. The van der Waals surface area contributed by atoms with Gasteiger partial charge in [-0.1, -0.05) is 31.2 Å². The van der Waals surface area contributed by atoms with Crippen LogP contribution < -0.4 is 5.56 Å². The van der Waals surface area contributed by atoms with Gasteiger partial charge < -0.3 is 14.1 Å². The fraction of sp³-hybridized carbons (Fsp3) is 0.381. The highest BCUT2D eigenvalue weighted by Crippen LogP contribution is 2.22. The Hall–Kier alpha value is -2.93. The van der Waals surface area contributed by atoms with Gasteiger partial charge in [0.15, 0.2) is 0 Å². The Labute approximate surface area is 163 Å². The smallest absolute Gasteiger partial charge is 0.342 e. The van der Waals surface area contributed by atoms with Gasteiger partial charge in [0.1, 0.15) is 22.5 Å². The van der Waals surface area contributed by atoms with E-state index in [1.165, 1.54) is 11.1 Å². The Kier molecular flexibility index (Phi) is 5.94. The minimum Gasteiger partial charge on any atom is -0.462 e. The summed E-state index contributed by atoms with van der Waals surface area (Å²) in [6.45, 7) is 6.84. The van der Waals surface area contributed by atoms with E-state index in [0.29, 0.717) is 18.1 Å². The van der Waals surface area contributed by atoms with Crippen molar-refractivity contribution in [3.8, 4) is 0 Å². The monoisotopic (exact) mass is 383 g/mol. The Morgan fingerprint density at radius 1 is 1.18 bits per heavy atom. The summed E-state index contributed by atoms with van der Waals surface area (Å²) < 4.78 is 10.6. The van der Waals surface area contributed by atoms with Gasteiger partial charge in [-0.15, -0.1) is 0 Å². The number of H-pyrrole nitrogens is 1. The van der Waals surface area contributed by atoms with Gasteiger partial charge in [0.05, 0.1) is 13.2 Å². The summed E-state index contributed by atoms with van der Waals surface area (Å²) in [5.74, 6) is 0.230. The zero-order valence-electron chi connectivity index (χ0n) is 16.7. The molecule has 0 saturated carbocycles. The Morgan fingerprint density at radius 3 is 2.50 bits per heavy atom. The molecule has 0 unspecified atom stereocenters. The van der Waals surface area contributed by atoms with Crippen molar-refractivity contribution >= 4 is 17.1 Å². The zero-order chi connectivity index (χ0) is 20.3. The highest BCUT2D eigenvalue weighted by Gasteiger charge is 2.23. The van der Waals surface area contributed by atoms with Gasteiger partial charge in [0, 0.05) is 6.54 Å². The second-order valence-electron chi connectivity index (χ2n) is 6.79. The SMILES string of the molecule is CCOC(=O)c1c(C)oc2nc(CN(C)Cc3ccc(CC)cc3)[nH]c(=O)c12. The Morgan fingerprint density at radius 2 is 1.86 bits per heavy atom. The van der Waals surface area contributed by atoms with Crippen molar-refractivity contribution in [2.45, 2.75) is 40.3 Å². The Bertz CT molecular complexity index is 1030. The second-order valence-corrected chi connectivity index (χ2v) is 6.79. The largest absolute Gasteiger partial charge is 0.462 e. The molecule has 2 heterocycles. The standard InChI is InChI=1S/C21H25N3O4/c1-5-14-7-9-15(10-8-14)11-24(4)12-16-22-19(25)18-17(21(26)27-6-2)13(3)28-20(18)23-16/h7-10H,5-6,11-12H2,1-4H3,(H,22,23,25). The van der Waals surface area contributed by atoms with Crippen molar-refractivity contribution < 1.29 is 13.9 Å². The van der Waals surface area contributed by atoms with E-state index in [-0.39, 0.29) is 23.3 Å². The van der Waals surface area contributed by atoms with E-state index in [1.54, 1.807) is 13.8 Å². The maximum Gasteiger partial charge on any atom is 0.342 e. The molecule has 0 aliphatic rings. The summed E-state index contributed by atoms with van der Waals surface area (Å²) in [4.78, 5) is 33.9. The molecule has 0 saturated heterocycles. The summed E-state index contributed by atoms with van der Waals surface area (Å²) in [6.07, 6.45) is 1.01. The highest BCUT2D eigenvalue weighted by molar-refractivity contribution is 6.03. The van der Waals surface area contributed by atoms with E-state index < -0.39 is 11.5 Å². The first-order valence-corrected chi connectivity index (χ1v) is 9.38. The molecule has 0 fully saturated rings. The number of aryl methyl sites for hydroxylation is 2. The third-order valence-corrected chi connectivity index (χ3v) is 4.57. The van der Waals surface area contributed by atoms with Crippen molar-refractivity contribution in [2.24, 2.45) is 0 Å². The van der Waals surface area contributed by atoms with E-state index >= 15 is 0 Å². The van der Waals surface area contributed by atoms with Crippen molar-refractivity contribution in [1.82, 2.24) is 14.9 Å². The van der Waals surface area contributed by atoms with E-state index in [1.807, 2.05) is 11.9 Å². The number of carbonyl (C=O) groups is 1. The van der Waals surface area contributed by atoms with Crippen LogP contribution in [0.5, 0.6) is 0 Å². The zero-order valence-corrected chi connectivity index (χ0v) is 16.7. The number of carbonyl (C=O) groups excluding carboxylic acids is 1. The van der Waals surface area contributed by atoms with Crippen molar-refractivity contribution in [3.05, 3.63) is 62.9 Å². The van der Waals surface area contributed by atoms with E-state index in [4.69, 9.17) is 9.15 Å². The van der Waals surface area contributed by atoms with Crippen LogP contribution in [-0.4, -0.2) is 34.5 Å². The maximum absolute atomic E-state index is 12.6. The van der Waals surface area contributed by atoms with Gasteiger partial charge in [-0.05, 0) is 38.4 Å². The van der Waals surface area contributed by atoms with Crippen LogP contribution in [0.25, 0.3) is 11.1 Å². The first-order valence-electron chi connectivity index (χ1n) is 9.38. The van der Waals surface area contributed by atoms with Crippen LogP contribution in [0.4, 0.5) is 0 Å². The number of rotatable bonds is 7. The number of ether oxygens (including phenoxy) is 1. The van der Waals surface area contributed by atoms with Gasteiger partial charge in [-0.25, -0.2) is 4.79 Å². The second kappa shape index (κ2) is 8.39. The van der Waals surface area contributed by atoms with Crippen LogP contribution in [0, 0.1) is 6.92 Å². The maximum atomic E-state index is 12.6. The summed E-state index contributed by atoms with van der Waals surface area (Å²) in [5, 5.41) is 0.137. The minimum atomic E-state index is -0.577. The quantitative estimate of drug-likeness (QED) is 0.631. The fourth-order valence-electron chi connectivity index (χ4n) is 3.19. The fourth-order valence-corrected chi connectivity index (χ4v) is 3.19. The summed E-state index contributed by atoms with van der Waals surface area (Å²) >= 11 is 0. The molecule has 3 rings (SSSR count). The van der Waals surface area contributed by atoms with Gasteiger partial charge in [0.25, 0.3) is 5.56 Å². The number of nitrogens with zero attached hydrogens (tertiary/aromatic N) is 2. The molecular weight excluding hydrogens is 358 g/mol. The van der Waals surface area contributed by atoms with Gasteiger partial charge >= 0.3 is 5.97 Å². The molecule has 3 aromatic rings. The molecule has 2 aromatic heterocycles. The summed E-state index contributed by atoms with van der Waals surface area (Å²) in [6, 6.07) is 8.46. The molecule has 0 radical (unpaired) electrons. The predicted octanol–water partition coefficient (Wildman–Crippen LogP) is 3.20. The lowest BCUT2D eigenvalue weighted by Crippen LogP contribution is -2.22. The molecule has 7 heteroatoms. The molecule has 28 heavy (non-hydrogen) atoms. The number of hydrogen-bond acceptors (Lipinski definition) is 6. The minimum absolute atomic E-state index is 0.137. The number of aromatic amines is 1. The molecule has 0 amide bonds. The summed E-state index contributed by atoms with van der Waals surface area (Å²) in [7, 11) is 1.95. The van der Waals surface area contributed by atoms with Crippen LogP contribution >= 0.6 is 0 Å². The third-order valence-electron chi connectivity index (χ3n) is 4.57. The highest BCUT2D eigenvalue weighted by atomic mass is 16.5. The van der Waals surface area contributed by atoms with E-state index in [2.05, 4.69) is 41.2 Å². The normalized spacial score (nSPS) is 11.3. The number of nitrogens with one attached hydrogen (secondary N) is 1. The number of esters is 1. The van der Waals surface area contributed by atoms with Crippen LogP contribution in [0.2, 0.25) is 0 Å². The van der Waals surface area contributed by atoms with Crippen molar-refractivity contribution in [1.29, 1.82) is 0 Å². The van der Waals surface area contributed by atoms with E-state index in [9.17, 15) is 9.59 Å². The number of hydrogen-bond donors (Lipinski definition) is 1. The first kappa shape index (κ1) is 19.8. The lowest BCUT2D eigenvalue weighted by Gasteiger charge is -2.16. The van der Waals surface area contributed by atoms with Crippen molar-refractivity contribution in [3.63, 3.8) is 0 Å². The van der Waals surface area contributed by atoms with Gasteiger partial charge in [0.2, 0.25) is 5.71 Å². The number of furan rings is 1. The molecule has 0 atom stereocenters. The topological polar surface area (TPSA) is 88.4 Å². The number of fused-ring (bicyclic) bond motifs is 1. The first-order chi connectivity index (χ1) is 13.4. The van der Waals surface area contributed by atoms with Crippen LogP contribution in [0.1, 0.15) is 46.9 Å². The molecule has 1 N–H and O–H groups in total. The molecule has 0 aliphatic heterocycles. The average Bonchev–Trinajstić information content (AvgIpc) is 2.99. The molecular formula is C21H25N3O4. The molecule has 148 valence electrons. The molecule has 0 bridgehead atoms. The predicted molar refractivity (Wildman–Crippen MR) is 106 cm³/mol.